The quantitative estimate of drug-likeness (QED) is 0.300. The van der Waals surface area contributed by atoms with Gasteiger partial charge in [0, 0.05) is 23.3 Å². The molecule has 0 fully saturated rings. The molecular weight excluding hydrogens is 252 g/mol. The second-order valence-corrected chi connectivity index (χ2v) is 2.56. The first-order valence-corrected chi connectivity index (χ1v) is 3.64. The molecule has 17 heavy (non-hydrogen) atoms. The Morgan fingerprint density at radius 3 is 1.82 bits per heavy atom. The van der Waals surface area contributed by atoms with Gasteiger partial charge in [-0.2, -0.15) is 0 Å². The first-order valence-electron chi connectivity index (χ1n) is 3.64. The van der Waals surface area contributed by atoms with Gasteiger partial charge < -0.3 is 19.8 Å². The van der Waals surface area contributed by atoms with Crippen molar-refractivity contribution in [3.05, 3.63) is 39.4 Å². The van der Waals surface area contributed by atoms with Crippen molar-refractivity contribution in [1.29, 1.82) is 0 Å². The number of carbonyl (C=O) groups excluding carboxylic acids is 2. The molecule has 0 saturated carbocycles. The largest absolute Gasteiger partial charge is 1.00 e. The van der Waals surface area contributed by atoms with Crippen LogP contribution in [0.1, 0.15) is 20.7 Å². The molecule has 0 aliphatic rings. The van der Waals surface area contributed by atoms with E-state index in [4.69, 9.17) is 0 Å². The standard InChI is InChI=1S/C8H5NO6.2Na/c10-7(11)5-2-1-4(9(14)15)3-6(5)8(12)13;;/h1-3H,(H,10,11)(H,12,13);;/q;2*+1/p-2. The van der Waals surface area contributed by atoms with E-state index in [2.05, 4.69) is 0 Å². The predicted molar refractivity (Wildman–Crippen MR) is 41.8 cm³/mol. The maximum absolute atomic E-state index is 10.5. The number of aromatic carboxylic acids is 2. The van der Waals surface area contributed by atoms with E-state index in [1.54, 1.807) is 0 Å². The molecule has 0 aliphatic carbocycles. The molecule has 0 amide bonds. The Morgan fingerprint density at radius 1 is 1.00 bits per heavy atom. The van der Waals surface area contributed by atoms with Gasteiger partial charge in [-0.15, -0.1) is 0 Å². The van der Waals surface area contributed by atoms with Gasteiger partial charge in [0.25, 0.3) is 5.69 Å². The summed E-state index contributed by atoms with van der Waals surface area (Å²) in [5, 5.41) is 31.2. The number of hydrogen-bond donors (Lipinski definition) is 0. The third-order valence-corrected chi connectivity index (χ3v) is 1.65. The van der Waals surface area contributed by atoms with Crippen molar-refractivity contribution in [2.75, 3.05) is 0 Å². The fraction of sp³-hybridized carbons (Fsp3) is 0. The Kier molecular flexibility index (Phi) is 8.68. The van der Waals surface area contributed by atoms with E-state index in [1.165, 1.54) is 0 Å². The summed E-state index contributed by atoms with van der Waals surface area (Å²) in [6.07, 6.45) is 0. The van der Waals surface area contributed by atoms with Crippen molar-refractivity contribution in [2.24, 2.45) is 0 Å². The van der Waals surface area contributed by atoms with E-state index >= 15 is 0 Å². The van der Waals surface area contributed by atoms with Crippen LogP contribution in [0.2, 0.25) is 0 Å². The van der Waals surface area contributed by atoms with Crippen LogP contribution in [0.4, 0.5) is 5.69 Å². The van der Waals surface area contributed by atoms with Crippen LogP contribution in [0, 0.1) is 10.1 Å². The molecule has 0 unspecified atom stereocenters. The van der Waals surface area contributed by atoms with Crippen molar-refractivity contribution in [1.82, 2.24) is 0 Å². The molecule has 0 N–H and O–H groups in total. The van der Waals surface area contributed by atoms with E-state index in [0.717, 1.165) is 12.1 Å². The van der Waals surface area contributed by atoms with Crippen LogP contribution in [-0.4, -0.2) is 16.9 Å². The minimum atomic E-state index is -1.81. The molecule has 0 aliphatic heterocycles. The minimum Gasteiger partial charge on any atom is -0.545 e. The number of nitro groups is 1. The molecule has 0 bridgehead atoms. The maximum Gasteiger partial charge on any atom is 1.00 e. The Morgan fingerprint density at radius 2 is 1.47 bits per heavy atom. The van der Waals surface area contributed by atoms with Gasteiger partial charge in [-0.3, -0.25) is 10.1 Å². The number of nitro benzene ring substituents is 1. The van der Waals surface area contributed by atoms with Gasteiger partial charge in [-0.1, -0.05) is 0 Å². The second kappa shape index (κ2) is 7.80. The summed E-state index contributed by atoms with van der Waals surface area (Å²) in [5.41, 5.74) is -1.95. The average Bonchev–Trinajstić information content (AvgIpc) is 2.16. The fourth-order valence-corrected chi connectivity index (χ4v) is 0.993. The van der Waals surface area contributed by atoms with Crippen molar-refractivity contribution >= 4 is 17.6 Å². The molecule has 0 radical (unpaired) electrons. The molecular formula is C8H3NNa2O6. The van der Waals surface area contributed by atoms with Gasteiger partial charge >= 0.3 is 59.1 Å². The zero-order valence-corrected chi connectivity index (χ0v) is 13.1. The summed E-state index contributed by atoms with van der Waals surface area (Å²) in [7, 11) is 0. The summed E-state index contributed by atoms with van der Waals surface area (Å²) < 4.78 is 0. The first kappa shape index (κ1) is 18.9. The van der Waals surface area contributed by atoms with Gasteiger partial charge in [0.2, 0.25) is 0 Å². The minimum absolute atomic E-state index is 0. The summed E-state index contributed by atoms with van der Waals surface area (Å²) in [4.78, 5) is 30.4. The molecule has 0 saturated heterocycles. The Hall–Kier alpha value is -0.440. The number of rotatable bonds is 3. The van der Waals surface area contributed by atoms with Crippen molar-refractivity contribution < 1.29 is 83.8 Å². The van der Waals surface area contributed by atoms with E-state index in [0.29, 0.717) is 6.07 Å². The molecule has 1 aromatic rings. The first-order chi connectivity index (χ1) is 6.93. The van der Waals surface area contributed by atoms with Gasteiger partial charge in [0.05, 0.1) is 16.9 Å². The molecule has 1 rings (SSSR count). The van der Waals surface area contributed by atoms with Crippen molar-refractivity contribution in [3.63, 3.8) is 0 Å². The van der Waals surface area contributed by atoms with Crippen molar-refractivity contribution in [2.45, 2.75) is 0 Å². The molecule has 78 valence electrons. The molecule has 7 nitrogen and oxygen atoms in total. The number of carboxylic acids is 2. The maximum atomic E-state index is 10.5. The summed E-state index contributed by atoms with van der Waals surface area (Å²) >= 11 is 0. The normalized spacial score (nSPS) is 8.47. The number of hydrogen-bond acceptors (Lipinski definition) is 6. The Balaban J connectivity index is 0. The van der Waals surface area contributed by atoms with Crippen LogP contribution in [-0.2, 0) is 0 Å². The number of carbonyl (C=O) groups is 2. The van der Waals surface area contributed by atoms with Crippen LogP contribution in [0.3, 0.4) is 0 Å². The monoisotopic (exact) mass is 255 g/mol. The number of benzene rings is 1. The fourth-order valence-electron chi connectivity index (χ4n) is 0.993. The van der Waals surface area contributed by atoms with Crippen molar-refractivity contribution in [3.8, 4) is 0 Å². The second-order valence-electron chi connectivity index (χ2n) is 2.56. The van der Waals surface area contributed by atoms with Crippen LogP contribution >= 0.6 is 0 Å². The number of non-ortho nitro benzene ring substituents is 1. The molecule has 0 atom stereocenters. The predicted octanol–water partition coefficient (Wildman–Crippen LogP) is -7.67. The Labute approximate surface area is 140 Å². The molecule has 1 aromatic carbocycles. The van der Waals surface area contributed by atoms with Gasteiger partial charge in [-0.25, -0.2) is 0 Å². The van der Waals surface area contributed by atoms with Gasteiger partial charge in [0.1, 0.15) is 0 Å². The van der Waals surface area contributed by atoms with Crippen LogP contribution in [0.15, 0.2) is 18.2 Å². The summed E-state index contributed by atoms with van der Waals surface area (Å²) in [6.45, 7) is 0. The van der Waals surface area contributed by atoms with Crippen LogP contribution in [0.25, 0.3) is 0 Å². The van der Waals surface area contributed by atoms with E-state index in [-0.39, 0.29) is 59.1 Å². The van der Waals surface area contributed by atoms with Crippen LogP contribution < -0.4 is 69.3 Å². The SMILES string of the molecule is O=C([O-])c1ccc([N+](=O)[O-])cc1C(=O)[O-].[Na+].[Na+]. The smallest absolute Gasteiger partial charge is 0.545 e. The average molecular weight is 255 g/mol. The number of nitrogens with zero attached hydrogens (tertiary/aromatic N) is 1. The molecule has 0 heterocycles. The van der Waals surface area contributed by atoms with E-state index in [9.17, 15) is 29.9 Å². The zero-order valence-electron chi connectivity index (χ0n) is 9.13. The summed E-state index contributed by atoms with van der Waals surface area (Å²) in [6, 6.07) is 2.27. The molecule has 0 spiro atoms. The van der Waals surface area contributed by atoms with Gasteiger partial charge in [-0.05, 0) is 6.07 Å². The number of carboxylic acid groups (broad SMARTS) is 2. The van der Waals surface area contributed by atoms with E-state index in [1.807, 2.05) is 0 Å². The molecule has 9 heteroatoms. The topological polar surface area (TPSA) is 123 Å². The summed E-state index contributed by atoms with van der Waals surface area (Å²) in [5.74, 6) is -3.54. The third kappa shape index (κ3) is 4.74. The third-order valence-electron chi connectivity index (χ3n) is 1.65. The molecule has 0 aromatic heterocycles. The van der Waals surface area contributed by atoms with Gasteiger partial charge in [0.15, 0.2) is 0 Å². The Bertz CT molecular complexity index is 461. The van der Waals surface area contributed by atoms with Crippen LogP contribution in [0.5, 0.6) is 0 Å². The zero-order chi connectivity index (χ0) is 11.6. The van der Waals surface area contributed by atoms with E-state index < -0.39 is 33.7 Å².